The van der Waals surface area contributed by atoms with Gasteiger partial charge in [0.15, 0.2) is 28.1 Å². The van der Waals surface area contributed by atoms with Crippen LogP contribution in [0.15, 0.2) is 54.1 Å². The monoisotopic (exact) mass is 544 g/mol. The van der Waals surface area contributed by atoms with E-state index in [0.29, 0.717) is 41.0 Å². The number of thiazole rings is 1. The number of phenols is 1. The summed E-state index contributed by atoms with van der Waals surface area (Å²) >= 11 is 1.29. The number of benzene rings is 3. The Morgan fingerprint density at radius 2 is 1.82 bits per heavy atom. The van der Waals surface area contributed by atoms with Gasteiger partial charge in [-0.25, -0.2) is 4.98 Å². The Hall–Kier alpha value is -4.57. The molecule has 0 aliphatic carbocycles. The zero-order valence-corrected chi connectivity index (χ0v) is 22.2. The van der Waals surface area contributed by atoms with Gasteiger partial charge >= 0.3 is 5.91 Å². The molecule has 1 unspecified atom stereocenters. The van der Waals surface area contributed by atoms with Crippen LogP contribution in [-0.4, -0.2) is 47.2 Å². The van der Waals surface area contributed by atoms with Gasteiger partial charge in [0.1, 0.15) is 19.0 Å². The number of hydrogen-bond donors (Lipinski definition) is 2. The van der Waals surface area contributed by atoms with Gasteiger partial charge in [-0.05, 0) is 66.9 Å². The van der Waals surface area contributed by atoms with Crippen molar-refractivity contribution in [3.05, 3.63) is 76.4 Å². The molecule has 0 spiro atoms. The number of rotatable bonds is 4. The maximum Gasteiger partial charge on any atom is 0.301 e. The maximum atomic E-state index is 13.6. The molecule has 3 aromatic carbocycles. The second-order valence-electron chi connectivity index (χ2n) is 9.38. The van der Waals surface area contributed by atoms with Crippen molar-refractivity contribution in [1.82, 2.24) is 4.98 Å². The number of carbonyl (C=O) groups is 2. The van der Waals surface area contributed by atoms with Gasteiger partial charge in [0.25, 0.3) is 5.78 Å². The van der Waals surface area contributed by atoms with E-state index in [4.69, 9.17) is 19.2 Å². The smallest absolute Gasteiger partial charge is 0.301 e. The van der Waals surface area contributed by atoms with E-state index in [1.807, 2.05) is 26.0 Å². The number of methoxy groups -OCH3 is 1. The number of aryl methyl sites for hydroxylation is 2. The first-order valence-corrected chi connectivity index (χ1v) is 13.0. The second-order valence-corrected chi connectivity index (χ2v) is 10.4. The van der Waals surface area contributed by atoms with Crippen LogP contribution in [0.25, 0.3) is 16.0 Å². The summed E-state index contributed by atoms with van der Waals surface area (Å²) in [6.07, 6.45) is 0. The number of aliphatic hydroxyl groups is 1. The van der Waals surface area contributed by atoms with Crippen LogP contribution in [0.1, 0.15) is 28.3 Å². The highest BCUT2D eigenvalue weighted by molar-refractivity contribution is 7.22. The molecule has 9 nitrogen and oxygen atoms in total. The first-order chi connectivity index (χ1) is 18.8. The molecule has 1 aromatic heterocycles. The topological polar surface area (TPSA) is 118 Å². The lowest BCUT2D eigenvalue weighted by atomic mass is 9.95. The minimum Gasteiger partial charge on any atom is -0.507 e. The zero-order chi connectivity index (χ0) is 27.4. The highest BCUT2D eigenvalue weighted by Gasteiger charge is 2.48. The molecule has 198 valence electrons. The molecule has 2 N–H and O–H groups in total. The van der Waals surface area contributed by atoms with E-state index >= 15 is 0 Å². The fraction of sp³-hybridized carbons (Fsp3) is 0.207. The van der Waals surface area contributed by atoms with Gasteiger partial charge < -0.3 is 24.4 Å². The zero-order valence-electron chi connectivity index (χ0n) is 21.3. The molecule has 0 saturated carbocycles. The minimum atomic E-state index is -1.03. The predicted molar refractivity (Wildman–Crippen MR) is 146 cm³/mol. The van der Waals surface area contributed by atoms with Crippen molar-refractivity contribution in [2.45, 2.75) is 19.9 Å². The highest BCUT2D eigenvalue weighted by Crippen LogP contribution is 2.46. The Labute approximate surface area is 227 Å². The molecule has 1 saturated heterocycles. The van der Waals surface area contributed by atoms with Crippen LogP contribution in [0.4, 0.5) is 5.13 Å². The van der Waals surface area contributed by atoms with Gasteiger partial charge in [-0.2, -0.15) is 0 Å². The van der Waals surface area contributed by atoms with E-state index in [1.165, 1.54) is 29.4 Å². The van der Waals surface area contributed by atoms with E-state index in [2.05, 4.69) is 0 Å². The normalized spacial score (nSPS) is 18.1. The average molecular weight is 545 g/mol. The number of fused-ring (bicyclic) bond motifs is 2. The summed E-state index contributed by atoms with van der Waals surface area (Å²) < 4.78 is 17.4. The van der Waals surface area contributed by atoms with Gasteiger partial charge in [-0.3, -0.25) is 14.5 Å². The highest BCUT2D eigenvalue weighted by atomic mass is 32.1. The van der Waals surface area contributed by atoms with Crippen molar-refractivity contribution < 1.29 is 34.0 Å². The molecular formula is C29H24N2O7S. The molecule has 1 fully saturated rings. The molecule has 39 heavy (non-hydrogen) atoms. The summed E-state index contributed by atoms with van der Waals surface area (Å²) in [5, 5.41) is 22.0. The molecule has 0 radical (unpaired) electrons. The van der Waals surface area contributed by atoms with Crippen molar-refractivity contribution in [2.24, 2.45) is 0 Å². The number of aliphatic hydroxyl groups excluding tert-OH is 1. The number of phenolic OH excluding ortho intramolecular Hbond substituents is 1. The number of ether oxygens (including phenoxy) is 3. The summed E-state index contributed by atoms with van der Waals surface area (Å²) in [7, 11) is 1.41. The van der Waals surface area contributed by atoms with Gasteiger partial charge in [-0.15, -0.1) is 0 Å². The third kappa shape index (κ3) is 4.04. The molecule has 0 bridgehead atoms. The third-order valence-corrected chi connectivity index (χ3v) is 7.81. The lowest BCUT2D eigenvalue weighted by Crippen LogP contribution is -2.29. The van der Waals surface area contributed by atoms with Crippen molar-refractivity contribution in [3.63, 3.8) is 0 Å². The lowest BCUT2D eigenvalue weighted by molar-refractivity contribution is -0.132. The predicted octanol–water partition coefficient (Wildman–Crippen LogP) is 5.02. The van der Waals surface area contributed by atoms with Gasteiger partial charge in [0.05, 0.1) is 28.9 Å². The van der Waals surface area contributed by atoms with Crippen LogP contribution in [0.3, 0.4) is 0 Å². The van der Waals surface area contributed by atoms with Gasteiger partial charge in [0, 0.05) is 5.56 Å². The molecule has 1 atom stereocenters. The van der Waals surface area contributed by atoms with Crippen molar-refractivity contribution in [2.75, 3.05) is 25.2 Å². The Morgan fingerprint density at radius 3 is 2.59 bits per heavy atom. The van der Waals surface area contributed by atoms with Crippen LogP contribution in [0.5, 0.6) is 23.0 Å². The van der Waals surface area contributed by atoms with Crippen molar-refractivity contribution >= 4 is 44.1 Å². The first-order valence-electron chi connectivity index (χ1n) is 12.2. The molecular weight excluding hydrogens is 520 g/mol. The number of aromatic nitrogens is 1. The van der Waals surface area contributed by atoms with Crippen molar-refractivity contribution in [3.8, 4) is 23.0 Å². The number of hydrogen-bond acceptors (Lipinski definition) is 9. The summed E-state index contributed by atoms with van der Waals surface area (Å²) in [5.41, 5.74) is 3.37. The van der Waals surface area contributed by atoms with Gasteiger partial charge in [-0.1, -0.05) is 23.5 Å². The fourth-order valence-electron chi connectivity index (χ4n) is 5.02. The summed E-state index contributed by atoms with van der Waals surface area (Å²) in [6, 6.07) is 12.3. The van der Waals surface area contributed by atoms with Crippen molar-refractivity contribution in [1.29, 1.82) is 0 Å². The van der Waals surface area contributed by atoms with Crippen LogP contribution in [0.2, 0.25) is 0 Å². The van der Waals surface area contributed by atoms with E-state index in [9.17, 15) is 19.8 Å². The number of amides is 1. The molecule has 2 aliphatic heterocycles. The summed E-state index contributed by atoms with van der Waals surface area (Å²) in [6.45, 7) is 4.68. The van der Waals surface area contributed by atoms with Crippen LogP contribution in [0, 0.1) is 13.8 Å². The minimum absolute atomic E-state index is 0.101. The molecule has 3 heterocycles. The molecule has 2 aliphatic rings. The van der Waals surface area contributed by atoms with Crippen LogP contribution < -0.4 is 19.1 Å². The fourth-order valence-corrected chi connectivity index (χ4v) is 6.19. The standard InChI is InChI=1S/C29H24N2O7S/c1-14-10-15(2)24-22(11-14)39-29(30-24)31-25(16-4-6-18(32)20(12-16)36-3)23(27(34)28(31)35)26(33)17-5-7-19-21(13-17)38-9-8-37-19/h4-7,10-13,25,32-33H,8-9H2,1-3H3/b26-23+. The number of carbonyl (C=O) groups excluding carboxylic acids is 2. The first kappa shape index (κ1) is 24.7. The summed E-state index contributed by atoms with van der Waals surface area (Å²) in [5.74, 6) is -1.02. The van der Waals surface area contributed by atoms with E-state index in [1.54, 1.807) is 30.3 Å². The van der Waals surface area contributed by atoms with E-state index < -0.39 is 17.7 Å². The number of Topliss-reactive ketones (excluding diaryl/α,β-unsaturated/α-hetero) is 1. The molecule has 1 amide bonds. The van der Waals surface area contributed by atoms with Gasteiger partial charge in [0.2, 0.25) is 0 Å². The third-order valence-electron chi connectivity index (χ3n) is 6.80. The second kappa shape index (κ2) is 9.32. The van der Waals surface area contributed by atoms with Crippen LogP contribution in [-0.2, 0) is 9.59 Å². The number of ketones is 1. The SMILES string of the molecule is COc1cc(C2/C(=C(\O)c3ccc4c(c3)OCCO4)C(=O)C(=O)N2c2nc3c(C)cc(C)cc3s2)ccc1O. The van der Waals surface area contributed by atoms with E-state index in [0.717, 1.165) is 21.3 Å². The van der Waals surface area contributed by atoms with E-state index in [-0.39, 0.29) is 22.8 Å². The number of anilines is 1. The average Bonchev–Trinajstić information content (AvgIpc) is 3.46. The Bertz CT molecular complexity index is 1710. The number of aromatic hydroxyl groups is 1. The largest absolute Gasteiger partial charge is 0.507 e. The summed E-state index contributed by atoms with van der Waals surface area (Å²) in [4.78, 5) is 33.2. The Kier molecular flexibility index (Phi) is 5.91. The Balaban J connectivity index is 1.57. The van der Waals surface area contributed by atoms with Crippen LogP contribution >= 0.6 is 11.3 Å². The quantitative estimate of drug-likeness (QED) is 0.209. The number of nitrogens with zero attached hydrogens (tertiary/aromatic N) is 2. The molecule has 6 rings (SSSR count). The Morgan fingerprint density at radius 1 is 1.05 bits per heavy atom. The lowest BCUT2D eigenvalue weighted by Gasteiger charge is -2.24. The maximum absolute atomic E-state index is 13.6. The molecule has 10 heteroatoms. The molecule has 4 aromatic rings.